The molecule has 7 heteroatoms. The Kier molecular flexibility index (Phi) is 25.6. The van der Waals surface area contributed by atoms with E-state index in [0.717, 1.165) is 44.9 Å². The fourth-order valence-electron chi connectivity index (χ4n) is 3.63. The molecule has 212 valence electrons. The topological polar surface area (TPSA) is 74.3 Å². The van der Waals surface area contributed by atoms with Crippen molar-refractivity contribution in [1.82, 2.24) is 4.90 Å². The lowest BCUT2D eigenvalue weighted by molar-refractivity contribution is -0.142. The Morgan fingerprint density at radius 3 is 1.86 bits per heavy atom. The summed E-state index contributed by atoms with van der Waals surface area (Å²) in [4.78, 5) is 25.0. The number of rotatable bonds is 26. The minimum absolute atomic E-state index is 0.116. The van der Waals surface area contributed by atoms with E-state index in [-0.39, 0.29) is 18.0 Å². The Labute approximate surface area is 221 Å². The molecule has 36 heavy (non-hydrogen) atoms. The zero-order valence-electron chi connectivity index (χ0n) is 23.8. The van der Waals surface area contributed by atoms with Crippen LogP contribution < -0.4 is 0 Å². The van der Waals surface area contributed by atoms with Crippen molar-refractivity contribution in [2.75, 3.05) is 54.2 Å². The van der Waals surface area contributed by atoms with E-state index < -0.39 is 0 Å². The van der Waals surface area contributed by atoms with E-state index in [9.17, 15) is 9.59 Å². The minimum atomic E-state index is -0.151. The maximum atomic E-state index is 11.8. The van der Waals surface area contributed by atoms with Crippen LogP contribution in [0.15, 0.2) is 12.2 Å². The first-order valence-corrected chi connectivity index (χ1v) is 14.2. The van der Waals surface area contributed by atoms with Crippen LogP contribution in [0.1, 0.15) is 103 Å². The second-order valence-electron chi connectivity index (χ2n) is 9.68. The molecule has 1 unspecified atom stereocenters. The van der Waals surface area contributed by atoms with Crippen LogP contribution in [-0.2, 0) is 28.5 Å². The van der Waals surface area contributed by atoms with E-state index in [2.05, 4.69) is 22.6 Å². The molecule has 0 aromatic carbocycles. The van der Waals surface area contributed by atoms with Crippen LogP contribution in [0.5, 0.6) is 0 Å². The largest absolute Gasteiger partial charge is 0.469 e. The van der Waals surface area contributed by atoms with Crippen LogP contribution in [0.2, 0.25) is 0 Å². The first-order chi connectivity index (χ1) is 17.5. The molecule has 0 amide bonds. The highest BCUT2D eigenvalue weighted by Crippen LogP contribution is 2.08. The smallest absolute Gasteiger partial charge is 0.306 e. The molecule has 1 atom stereocenters. The van der Waals surface area contributed by atoms with Gasteiger partial charge in [0.25, 0.3) is 0 Å². The third kappa shape index (κ3) is 24.3. The average Bonchev–Trinajstić information content (AvgIpc) is 2.86. The molecule has 0 rings (SSSR count). The molecule has 0 aromatic heterocycles. The van der Waals surface area contributed by atoms with E-state index >= 15 is 0 Å². The Morgan fingerprint density at radius 2 is 1.28 bits per heavy atom. The number of carbonyl (C=O) groups is 2. The van der Waals surface area contributed by atoms with Gasteiger partial charge in [0.2, 0.25) is 0 Å². The summed E-state index contributed by atoms with van der Waals surface area (Å²) in [5.41, 5.74) is 0. The van der Waals surface area contributed by atoms with Gasteiger partial charge in [-0.05, 0) is 52.6 Å². The highest BCUT2D eigenvalue weighted by Gasteiger charge is 2.12. The highest BCUT2D eigenvalue weighted by atomic mass is 16.5. The second kappa shape index (κ2) is 26.6. The number of esters is 2. The van der Waals surface area contributed by atoms with Gasteiger partial charge in [0, 0.05) is 26.1 Å². The summed E-state index contributed by atoms with van der Waals surface area (Å²) in [6.45, 7) is 5.26. The summed E-state index contributed by atoms with van der Waals surface area (Å²) in [6.07, 6.45) is 19.4. The lowest BCUT2D eigenvalue weighted by Gasteiger charge is -2.24. The number of unbranched alkanes of at least 4 members (excludes halogenated alkanes) is 10. The van der Waals surface area contributed by atoms with Crippen molar-refractivity contribution in [2.24, 2.45) is 0 Å². The molecule has 0 bridgehead atoms. The number of methoxy groups -OCH3 is 1. The Morgan fingerprint density at radius 1 is 0.722 bits per heavy atom. The summed E-state index contributed by atoms with van der Waals surface area (Å²) >= 11 is 0. The van der Waals surface area contributed by atoms with Crippen molar-refractivity contribution >= 4 is 11.9 Å². The van der Waals surface area contributed by atoms with E-state index in [0.29, 0.717) is 45.9 Å². The second-order valence-corrected chi connectivity index (χ2v) is 9.68. The number of hydrogen-bond acceptors (Lipinski definition) is 7. The molecule has 0 spiro atoms. The monoisotopic (exact) mass is 513 g/mol. The Bertz CT molecular complexity index is 538. The van der Waals surface area contributed by atoms with Gasteiger partial charge >= 0.3 is 11.9 Å². The van der Waals surface area contributed by atoms with Crippen molar-refractivity contribution in [3.63, 3.8) is 0 Å². The zero-order valence-corrected chi connectivity index (χ0v) is 23.8. The van der Waals surface area contributed by atoms with Crippen LogP contribution in [0.3, 0.4) is 0 Å². The molecule has 0 fully saturated rings. The van der Waals surface area contributed by atoms with Gasteiger partial charge < -0.3 is 23.8 Å². The van der Waals surface area contributed by atoms with E-state index in [4.69, 9.17) is 14.2 Å². The predicted molar refractivity (Wildman–Crippen MR) is 146 cm³/mol. The molecule has 0 aliphatic heterocycles. The Hall–Kier alpha value is -1.44. The van der Waals surface area contributed by atoms with Crippen LogP contribution in [0, 0.1) is 0 Å². The van der Waals surface area contributed by atoms with Gasteiger partial charge in [-0.15, -0.1) is 0 Å². The normalized spacial score (nSPS) is 12.4. The van der Waals surface area contributed by atoms with Crippen LogP contribution >= 0.6 is 0 Å². The highest BCUT2D eigenvalue weighted by molar-refractivity contribution is 5.69. The lowest BCUT2D eigenvalue weighted by Crippen LogP contribution is -2.37. The average molecular weight is 514 g/mol. The van der Waals surface area contributed by atoms with Crippen molar-refractivity contribution in [3.8, 4) is 0 Å². The SMILES string of the molecule is CCCCCCCC/C=C/COC(=O)CCCCCOCC(COCCCCCC(=O)OC)N(C)C. The Balaban J connectivity index is 3.58. The molecule has 0 N–H and O–H groups in total. The number of carbonyl (C=O) groups excluding carboxylic acids is 2. The quantitative estimate of drug-likeness (QED) is 0.0786. The van der Waals surface area contributed by atoms with E-state index in [1.54, 1.807) is 0 Å². The summed E-state index contributed by atoms with van der Waals surface area (Å²) in [5.74, 6) is -0.266. The van der Waals surface area contributed by atoms with Crippen LogP contribution in [-0.4, -0.2) is 77.1 Å². The fourth-order valence-corrected chi connectivity index (χ4v) is 3.63. The number of allylic oxidation sites excluding steroid dienone is 1. The van der Waals surface area contributed by atoms with Gasteiger partial charge in [-0.1, -0.05) is 64.0 Å². The molecular formula is C29H55NO6. The third-order valence-electron chi connectivity index (χ3n) is 6.15. The van der Waals surface area contributed by atoms with Gasteiger partial charge in [0.15, 0.2) is 0 Å². The van der Waals surface area contributed by atoms with Crippen molar-refractivity contribution in [3.05, 3.63) is 12.2 Å². The molecule has 0 aliphatic rings. The lowest BCUT2D eigenvalue weighted by atomic mass is 10.1. The summed E-state index contributed by atoms with van der Waals surface area (Å²) in [6, 6.07) is 0.212. The van der Waals surface area contributed by atoms with Crippen LogP contribution in [0.25, 0.3) is 0 Å². The van der Waals surface area contributed by atoms with Crippen molar-refractivity contribution in [1.29, 1.82) is 0 Å². The molecule has 0 saturated carbocycles. The summed E-state index contributed by atoms with van der Waals surface area (Å²) in [5, 5.41) is 0. The van der Waals surface area contributed by atoms with Crippen molar-refractivity contribution in [2.45, 2.75) is 109 Å². The molecule has 0 heterocycles. The van der Waals surface area contributed by atoms with Crippen molar-refractivity contribution < 1.29 is 28.5 Å². The molecule has 7 nitrogen and oxygen atoms in total. The molecule has 0 aliphatic carbocycles. The minimum Gasteiger partial charge on any atom is -0.469 e. The zero-order chi connectivity index (χ0) is 26.7. The van der Waals surface area contributed by atoms with Gasteiger partial charge in [-0.3, -0.25) is 9.59 Å². The number of nitrogens with zero attached hydrogens (tertiary/aromatic N) is 1. The third-order valence-corrected chi connectivity index (χ3v) is 6.15. The number of likely N-dealkylation sites (N-methyl/N-ethyl adjacent to an activating group) is 1. The molecule has 0 aromatic rings. The standard InChI is InChI=1S/C29H55NO6/c1-5-6-7-8-9-10-11-12-19-24-36-29(32)21-16-14-18-23-35-26-27(30(2)3)25-34-22-17-13-15-20-28(31)33-4/h12,19,27H,5-11,13-18,20-26H2,1-4H3/b19-12+. The van der Waals surface area contributed by atoms with E-state index in [1.165, 1.54) is 45.6 Å². The maximum absolute atomic E-state index is 11.8. The van der Waals surface area contributed by atoms with Gasteiger partial charge in [0.1, 0.15) is 6.61 Å². The maximum Gasteiger partial charge on any atom is 0.306 e. The first-order valence-electron chi connectivity index (χ1n) is 14.2. The molecule has 0 saturated heterocycles. The van der Waals surface area contributed by atoms with Crippen LogP contribution in [0.4, 0.5) is 0 Å². The number of hydrogen-bond donors (Lipinski definition) is 0. The fraction of sp³-hybridized carbons (Fsp3) is 0.862. The van der Waals surface area contributed by atoms with Gasteiger partial charge in [-0.25, -0.2) is 0 Å². The number of ether oxygens (including phenoxy) is 4. The van der Waals surface area contributed by atoms with E-state index in [1.807, 2.05) is 20.2 Å². The predicted octanol–water partition coefficient (Wildman–Crippen LogP) is 6.09. The molecular weight excluding hydrogens is 458 g/mol. The summed E-state index contributed by atoms with van der Waals surface area (Å²) in [7, 11) is 5.48. The van der Waals surface area contributed by atoms with Gasteiger partial charge in [-0.2, -0.15) is 0 Å². The van der Waals surface area contributed by atoms with Gasteiger partial charge in [0.05, 0.1) is 26.4 Å². The summed E-state index contributed by atoms with van der Waals surface area (Å²) < 4.78 is 21.5. The molecule has 0 radical (unpaired) electrons. The first kappa shape index (κ1) is 34.6.